The SMILES string of the molecule is O=C(COc1ccccc1)NNC(=O)CN1CCCc2ccccc21. The van der Waals surface area contributed by atoms with Crippen LogP contribution in [-0.4, -0.2) is 31.5 Å². The van der Waals surface area contributed by atoms with Crippen molar-refractivity contribution in [3.05, 3.63) is 60.2 Å². The van der Waals surface area contributed by atoms with E-state index in [1.165, 1.54) is 5.56 Å². The Hall–Kier alpha value is -3.02. The van der Waals surface area contributed by atoms with Gasteiger partial charge in [0, 0.05) is 12.2 Å². The fraction of sp³-hybridized carbons (Fsp3) is 0.263. The summed E-state index contributed by atoms with van der Waals surface area (Å²) in [7, 11) is 0. The molecular weight excluding hydrogens is 318 g/mol. The number of nitrogens with zero attached hydrogens (tertiary/aromatic N) is 1. The summed E-state index contributed by atoms with van der Waals surface area (Å²) < 4.78 is 5.32. The number of aryl methyl sites for hydroxylation is 1. The molecule has 0 atom stereocenters. The van der Waals surface area contributed by atoms with Crippen molar-refractivity contribution in [3.8, 4) is 5.75 Å². The average molecular weight is 339 g/mol. The minimum absolute atomic E-state index is 0.156. The summed E-state index contributed by atoms with van der Waals surface area (Å²) in [4.78, 5) is 25.9. The molecule has 0 saturated carbocycles. The van der Waals surface area contributed by atoms with E-state index >= 15 is 0 Å². The number of nitrogens with one attached hydrogen (secondary N) is 2. The number of rotatable bonds is 5. The molecule has 1 aliphatic heterocycles. The minimum atomic E-state index is -0.406. The van der Waals surface area contributed by atoms with Crippen molar-refractivity contribution in [2.75, 3.05) is 24.6 Å². The van der Waals surface area contributed by atoms with Crippen LogP contribution < -0.4 is 20.5 Å². The Morgan fingerprint density at radius 3 is 2.52 bits per heavy atom. The number of ether oxygens (including phenoxy) is 1. The zero-order valence-electron chi connectivity index (χ0n) is 13.9. The molecule has 0 bridgehead atoms. The Balaban J connectivity index is 1.43. The second kappa shape index (κ2) is 8.19. The first-order valence-electron chi connectivity index (χ1n) is 8.31. The highest BCUT2D eigenvalue weighted by Gasteiger charge is 2.18. The highest BCUT2D eigenvalue weighted by molar-refractivity contribution is 5.85. The van der Waals surface area contributed by atoms with E-state index in [0.29, 0.717) is 5.75 Å². The topological polar surface area (TPSA) is 70.7 Å². The molecule has 130 valence electrons. The van der Waals surface area contributed by atoms with Gasteiger partial charge in [-0.2, -0.15) is 0 Å². The number of anilines is 1. The molecule has 0 fully saturated rings. The molecule has 3 rings (SSSR count). The van der Waals surface area contributed by atoms with Gasteiger partial charge in [0.15, 0.2) is 6.61 Å². The third kappa shape index (κ3) is 4.73. The van der Waals surface area contributed by atoms with Crippen molar-refractivity contribution in [2.24, 2.45) is 0 Å². The quantitative estimate of drug-likeness (QED) is 0.813. The number of hydrogen-bond donors (Lipinski definition) is 2. The molecule has 6 nitrogen and oxygen atoms in total. The van der Waals surface area contributed by atoms with Gasteiger partial charge in [0.05, 0.1) is 6.54 Å². The molecule has 2 aromatic carbocycles. The van der Waals surface area contributed by atoms with Crippen LogP contribution in [0.2, 0.25) is 0 Å². The van der Waals surface area contributed by atoms with Gasteiger partial charge in [0.1, 0.15) is 5.75 Å². The van der Waals surface area contributed by atoms with Crippen LogP contribution in [0.5, 0.6) is 5.75 Å². The predicted molar refractivity (Wildman–Crippen MR) is 95.2 cm³/mol. The molecule has 0 aromatic heterocycles. The van der Waals surface area contributed by atoms with E-state index in [9.17, 15) is 9.59 Å². The molecule has 25 heavy (non-hydrogen) atoms. The Bertz CT molecular complexity index is 734. The number of carbonyl (C=O) groups is 2. The van der Waals surface area contributed by atoms with Crippen LogP contribution in [0.1, 0.15) is 12.0 Å². The summed E-state index contributed by atoms with van der Waals surface area (Å²) in [5.41, 5.74) is 7.15. The highest BCUT2D eigenvalue weighted by atomic mass is 16.5. The Labute approximate surface area is 146 Å². The number of para-hydroxylation sites is 2. The Kier molecular flexibility index (Phi) is 5.51. The van der Waals surface area contributed by atoms with E-state index in [4.69, 9.17) is 4.74 Å². The molecule has 0 aliphatic carbocycles. The highest BCUT2D eigenvalue weighted by Crippen LogP contribution is 2.26. The lowest BCUT2D eigenvalue weighted by Gasteiger charge is -2.30. The van der Waals surface area contributed by atoms with Crippen molar-refractivity contribution in [3.63, 3.8) is 0 Å². The molecule has 0 unspecified atom stereocenters. The summed E-state index contributed by atoms with van der Waals surface area (Å²) in [6.45, 7) is 0.878. The summed E-state index contributed by atoms with van der Waals surface area (Å²) in [6.07, 6.45) is 2.05. The van der Waals surface area contributed by atoms with Gasteiger partial charge >= 0.3 is 0 Å². The fourth-order valence-corrected chi connectivity index (χ4v) is 2.83. The Morgan fingerprint density at radius 2 is 1.68 bits per heavy atom. The van der Waals surface area contributed by atoms with Gasteiger partial charge in [-0.15, -0.1) is 0 Å². The number of carbonyl (C=O) groups excluding carboxylic acids is 2. The van der Waals surface area contributed by atoms with Crippen molar-refractivity contribution in [1.29, 1.82) is 0 Å². The minimum Gasteiger partial charge on any atom is -0.484 e. The summed E-state index contributed by atoms with van der Waals surface area (Å²) >= 11 is 0. The molecule has 1 aliphatic rings. The van der Waals surface area contributed by atoms with E-state index in [0.717, 1.165) is 25.1 Å². The number of fused-ring (bicyclic) bond motifs is 1. The van der Waals surface area contributed by atoms with E-state index in [-0.39, 0.29) is 19.1 Å². The fourth-order valence-electron chi connectivity index (χ4n) is 2.83. The summed E-state index contributed by atoms with van der Waals surface area (Å²) in [5.74, 6) is -0.0603. The maximum Gasteiger partial charge on any atom is 0.276 e. The van der Waals surface area contributed by atoms with Crippen LogP contribution in [0, 0.1) is 0 Å². The number of amides is 2. The molecule has 1 heterocycles. The van der Waals surface area contributed by atoms with Crippen LogP contribution in [0.4, 0.5) is 5.69 Å². The summed E-state index contributed by atoms with van der Waals surface area (Å²) in [5, 5.41) is 0. The second-order valence-corrected chi connectivity index (χ2v) is 5.85. The molecule has 6 heteroatoms. The Morgan fingerprint density at radius 1 is 0.960 bits per heavy atom. The van der Waals surface area contributed by atoms with Crippen LogP contribution in [0.15, 0.2) is 54.6 Å². The lowest BCUT2D eigenvalue weighted by molar-refractivity contribution is -0.129. The number of hydrogen-bond acceptors (Lipinski definition) is 4. The van der Waals surface area contributed by atoms with Gasteiger partial charge in [-0.25, -0.2) is 0 Å². The maximum absolute atomic E-state index is 12.1. The van der Waals surface area contributed by atoms with Crippen LogP contribution in [0.25, 0.3) is 0 Å². The first-order valence-corrected chi connectivity index (χ1v) is 8.31. The van der Waals surface area contributed by atoms with E-state index in [1.54, 1.807) is 12.1 Å². The number of hydrazine groups is 1. The largest absolute Gasteiger partial charge is 0.484 e. The molecule has 0 radical (unpaired) electrons. The molecule has 0 saturated heterocycles. The van der Waals surface area contributed by atoms with Gasteiger partial charge in [-0.1, -0.05) is 36.4 Å². The predicted octanol–water partition coefficient (Wildman–Crippen LogP) is 1.67. The van der Waals surface area contributed by atoms with Crippen LogP contribution in [0.3, 0.4) is 0 Å². The van der Waals surface area contributed by atoms with Crippen molar-refractivity contribution >= 4 is 17.5 Å². The van der Waals surface area contributed by atoms with Gasteiger partial charge in [-0.05, 0) is 36.6 Å². The van der Waals surface area contributed by atoms with Gasteiger partial charge < -0.3 is 9.64 Å². The van der Waals surface area contributed by atoms with Gasteiger partial charge in [-0.3, -0.25) is 20.4 Å². The monoisotopic (exact) mass is 339 g/mol. The lowest BCUT2D eigenvalue weighted by atomic mass is 10.0. The third-order valence-electron chi connectivity index (χ3n) is 4.00. The normalized spacial score (nSPS) is 12.9. The molecular formula is C19H21N3O3. The molecule has 2 aromatic rings. The van der Waals surface area contributed by atoms with Crippen LogP contribution >= 0.6 is 0 Å². The zero-order valence-corrected chi connectivity index (χ0v) is 13.9. The number of benzene rings is 2. The first kappa shape index (κ1) is 16.8. The smallest absolute Gasteiger partial charge is 0.276 e. The second-order valence-electron chi connectivity index (χ2n) is 5.85. The van der Waals surface area contributed by atoms with Crippen LogP contribution in [-0.2, 0) is 16.0 Å². The third-order valence-corrected chi connectivity index (χ3v) is 4.00. The van der Waals surface area contributed by atoms with Crippen molar-refractivity contribution in [2.45, 2.75) is 12.8 Å². The van der Waals surface area contributed by atoms with Crippen molar-refractivity contribution < 1.29 is 14.3 Å². The standard InChI is InChI=1S/C19H21N3O3/c23-18(13-22-12-6-8-15-7-4-5-11-17(15)22)20-21-19(24)14-25-16-9-2-1-3-10-16/h1-5,7,9-11H,6,8,12-14H2,(H,20,23)(H,21,24). The van der Waals surface area contributed by atoms with E-state index < -0.39 is 5.91 Å². The van der Waals surface area contributed by atoms with Gasteiger partial charge in [0.25, 0.3) is 11.8 Å². The first-order chi connectivity index (χ1) is 12.2. The molecule has 2 amide bonds. The summed E-state index contributed by atoms with van der Waals surface area (Å²) in [6, 6.07) is 17.1. The van der Waals surface area contributed by atoms with E-state index in [2.05, 4.69) is 16.9 Å². The maximum atomic E-state index is 12.1. The lowest BCUT2D eigenvalue weighted by Crippen LogP contribution is -2.48. The van der Waals surface area contributed by atoms with E-state index in [1.807, 2.05) is 41.3 Å². The zero-order chi connectivity index (χ0) is 17.5. The molecule has 2 N–H and O–H groups in total. The van der Waals surface area contributed by atoms with Crippen molar-refractivity contribution in [1.82, 2.24) is 10.9 Å². The average Bonchev–Trinajstić information content (AvgIpc) is 2.66. The van der Waals surface area contributed by atoms with Gasteiger partial charge in [0.2, 0.25) is 0 Å². The molecule has 0 spiro atoms.